The number of nitrogen functional groups attached to an aromatic ring is 1. The normalized spacial score (nSPS) is 12.1. The summed E-state index contributed by atoms with van der Waals surface area (Å²) in [6.45, 7) is 8.30. The number of nitrogens with two attached hydrogens (primary N) is 2. The van der Waals surface area contributed by atoms with Crippen molar-refractivity contribution < 1.29 is 19.4 Å². The zero-order valence-corrected chi connectivity index (χ0v) is 18.4. The summed E-state index contributed by atoms with van der Waals surface area (Å²) in [6, 6.07) is 5.78. The van der Waals surface area contributed by atoms with E-state index in [1.54, 1.807) is 0 Å². The highest BCUT2D eigenvalue weighted by atomic mass is 16.5. The molecule has 3 aromatic rings. The second kappa shape index (κ2) is 9.59. The third-order valence-corrected chi connectivity index (χ3v) is 5.06. The molecule has 0 radical (unpaired) electrons. The van der Waals surface area contributed by atoms with Crippen molar-refractivity contribution in [1.29, 1.82) is 0 Å². The summed E-state index contributed by atoms with van der Waals surface area (Å²) < 4.78 is 13.7. The maximum atomic E-state index is 10.9. The number of aromatic nitrogens is 3. The van der Waals surface area contributed by atoms with Crippen LogP contribution in [0.5, 0.6) is 0 Å². The Bertz CT molecular complexity index is 1080. The molecule has 0 unspecified atom stereocenters. The molecule has 0 atom stereocenters. The van der Waals surface area contributed by atoms with E-state index in [9.17, 15) is 4.79 Å². The largest absolute Gasteiger partial charge is 0.481 e. The minimum absolute atomic E-state index is 0.0618. The van der Waals surface area contributed by atoms with Crippen LogP contribution in [0.1, 0.15) is 38.6 Å². The molecule has 9 heteroatoms. The average molecular weight is 430 g/mol. The van der Waals surface area contributed by atoms with Crippen LogP contribution in [0.3, 0.4) is 0 Å². The van der Waals surface area contributed by atoms with Gasteiger partial charge in [0.05, 0.1) is 29.8 Å². The van der Waals surface area contributed by atoms with Crippen LogP contribution in [0.15, 0.2) is 18.2 Å². The van der Waals surface area contributed by atoms with Crippen molar-refractivity contribution in [3.05, 3.63) is 29.6 Å². The first-order valence-electron chi connectivity index (χ1n) is 10.5. The molecule has 0 spiro atoms. The molecule has 9 nitrogen and oxygen atoms in total. The molecule has 31 heavy (non-hydrogen) atoms. The van der Waals surface area contributed by atoms with Gasteiger partial charge in [0.1, 0.15) is 17.9 Å². The van der Waals surface area contributed by atoms with Gasteiger partial charge in [0.2, 0.25) is 0 Å². The van der Waals surface area contributed by atoms with Crippen molar-refractivity contribution in [2.24, 2.45) is 5.73 Å². The molecule has 2 heterocycles. The number of anilines is 1. The zero-order valence-electron chi connectivity index (χ0n) is 18.4. The number of rotatable bonds is 11. The predicted octanol–water partition coefficient (Wildman–Crippen LogP) is 2.47. The molecule has 5 N–H and O–H groups in total. The first-order chi connectivity index (χ1) is 14.8. The summed E-state index contributed by atoms with van der Waals surface area (Å²) in [7, 11) is 0. The van der Waals surface area contributed by atoms with Crippen LogP contribution >= 0.6 is 0 Å². The molecule has 0 fully saturated rings. The molecule has 168 valence electrons. The Labute approximate surface area is 181 Å². The van der Waals surface area contributed by atoms with Gasteiger partial charge in [-0.2, -0.15) is 0 Å². The van der Waals surface area contributed by atoms with Crippen molar-refractivity contribution in [1.82, 2.24) is 14.5 Å². The van der Waals surface area contributed by atoms with Gasteiger partial charge in [-0.1, -0.05) is 12.1 Å². The summed E-state index contributed by atoms with van der Waals surface area (Å²) in [5, 5.41) is 9.87. The van der Waals surface area contributed by atoms with Gasteiger partial charge in [-0.3, -0.25) is 4.79 Å². The fraction of sp³-hybridized carbons (Fsp3) is 0.500. The van der Waals surface area contributed by atoms with Crippen LogP contribution in [0.2, 0.25) is 0 Å². The number of imidazole rings is 1. The number of aryl methyl sites for hydroxylation is 1. The summed E-state index contributed by atoms with van der Waals surface area (Å²) in [6.07, 6.45) is 0.492. The molecular weight excluding hydrogens is 398 g/mol. The monoisotopic (exact) mass is 429 g/mol. The van der Waals surface area contributed by atoms with E-state index in [4.69, 9.17) is 31.0 Å². The molecule has 2 aromatic heterocycles. The highest BCUT2D eigenvalue weighted by molar-refractivity contribution is 6.06. The van der Waals surface area contributed by atoms with Crippen molar-refractivity contribution in [3.63, 3.8) is 0 Å². The Balaban J connectivity index is 2.15. The van der Waals surface area contributed by atoms with E-state index in [2.05, 4.69) is 9.55 Å². The van der Waals surface area contributed by atoms with Crippen LogP contribution in [-0.4, -0.2) is 51.0 Å². The maximum absolute atomic E-state index is 10.9. The summed E-state index contributed by atoms with van der Waals surface area (Å²) in [5.74, 6) is 0.244. The highest BCUT2D eigenvalue weighted by Gasteiger charge is 2.25. The van der Waals surface area contributed by atoms with Crippen LogP contribution < -0.4 is 11.5 Å². The van der Waals surface area contributed by atoms with Gasteiger partial charge >= 0.3 is 5.97 Å². The summed E-state index contributed by atoms with van der Waals surface area (Å²) >= 11 is 0. The Kier molecular flexibility index (Phi) is 7.09. The molecule has 0 bridgehead atoms. The average Bonchev–Trinajstić information content (AvgIpc) is 3.07. The highest BCUT2D eigenvalue weighted by Crippen LogP contribution is 2.31. The summed E-state index contributed by atoms with van der Waals surface area (Å²) in [4.78, 5) is 20.2. The summed E-state index contributed by atoms with van der Waals surface area (Å²) in [5.41, 5.74) is 14.5. The third kappa shape index (κ3) is 5.30. The van der Waals surface area contributed by atoms with E-state index in [0.29, 0.717) is 56.2 Å². The Morgan fingerprint density at radius 3 is 2.74 bits per heavy atom. The molecule has 0 saturated heterocycles. The van der Waals surface area contributed by atoms with Crippen LogP contribution in [-0.2, 0) is 33.8 Å². The lowest BCUT2D eigenvalue weighted by Gasteiger charge is -2.27. The number of aliphatic carboxylic acids is 1. The van der Waals surface area contributed by atoms with Crippen LogP contribution in [0.25, 0.3) is 21.9 Å². The number of hydrogen-bond donors (Lipinski definition) is 3. The third-order valence-electron chi connectivity index (χ3n) is 5.06. The quantitative estimate of drug-likeness (QED) is 0.422. The number of ether oxygens (including phenoxy) is 2. The lowest BCUT2D eigenvalue weighted by molar-refractivity contribution is -0.136. The van der Waals surface area contributed by atoms with Gasteiger partial charge in [0.25, 0.3) is 0 Å². The van der Waals surface area contributed by atoms with E-state index in [-0.39, 0.29) is 6.42 Å². The number of pyridine rings is 1. The fourth-order valence-corrected chi connectivity index (χ4v) is 3.65. The molecular formula is C22H31N5O4. The van der Waals surface area contributed by atoms with E-state index < -0.39 is 11.6 Å². The van der Waals surface area contributed by atoms with Crippen molar-refractivity contribution in [2.75, 3.05) is 25.5 Å². The molecule has 0 amide bonds. The van der Waals surface area contributed by atoms with Crippen molar-refractivity contribution in [2.45, 2.75) is 52.4 Å². The molecule has 1 aromatic carbocycles. The Morgan fingerprint density at radius 1 is 1.29 bits per heavy atom. The maximum Gasteiger partial charge on any atom is 0.303 e. The standard InChI is InChI=1S/C22H31N5O4/c1-4-30-12-17-26-19-20(27(17)13-22(2,3)31-10-9-23)15-7-5-14(6-8-18(28)29)11-16(15)25-21(19)24/h5,7,11H,4,6,8-10,12-13,23H2,1-3H3,(H2,24,25)(H,28,29). The SMILES string of the molecule is CCOCc1nc2c(N)nc3cc(CCC(=O)O)ccc3c2n1CC(C)(C)OCCN. The minimum atomic E-state index is -0.832. The number of hydrogen-bond acceptors (Lipinski definition) is 7. The number of nitrogens with zero attached hydrogens (tertiary/aromatic N) is 3. The lowest BCUT2D eigenvalue weighted by Crippen LogP contribution is -2.33. The van der Waals surface area contributed by atoms with Crippen LogP contribution in [0, 0.1) is 0 Å². The van der Waals surface area contributed by atoms with E-state index >= 15 is 0 Å². The van der Waals surface area contributed by atoms with Gasteiger partial charge in [-0.05, 0) is 38.8 Å². The predicted molar refractivity (Wildman–Crippen MR) is 120 cm³/mol. The van der Waals surface area contributed by atoms with E-state index in [1.807, 2.05) is 39.0 Å². The van der Waals surface area contributed by atoms with Gasteiger partial charge < -0.3 is 30.6 Å². The topological polar surface area (TPSA) is 139 Å². The number of carboxylic acids is 1. The molecule has 0 aliphatic heterocycles. The van der Waals surface area contributed by atoms with Crippen molar-refractivity contribution in [3.8, 4) is 0 Å². The Hall–Kier alpha value is -2.75. The number of carboxylic acid groups (broad SMARTS) is 1. The first kappa shape index (κ1) is 22.9. The molecule has 0 aliphatic carbocycles. The number of benzene rings is 1. The lowest BCUT2D eigenvalue weighted by atomic mass is 10.1. The van der Waals surface area contributed by atoms with E-state index in [0.717, 1.165) is 22.3 Å². The van der Waals surface area contributed by atoms with Gasteiger partial charge in [0, 0.05) is 25.0 Å². The van der Waals surface area contributed by atoms with Gasteiger partial charge in [-0.15, -0.1) is 0 Å². The molecule has 0 aliphatic rings. The second-order valence-corrected chi connectivity index (χ2v) is 8.09. The molecule has 0 saturated carbocycles. The first-order valence-corrected chi connectivity index (χ1v) is 10.5. The number of carbonyl (C=O) groups is 1. The van der Waals surface area contributed by atoms with Crippen LogP contribution in [0.4, 0.5) is 5.82 Å². The van der Waals surface area contributed by atoms with Gasteiger partial charge in [-0.25, -0.2) is 9.97 Å². The zero-order chi connectivity index (χ0) is 22.6. The minimum Gasteiger partial charge on any atom is -0.481 e. The fourth-order valence-electron chi connectivity index (χ4n) is 3.65. The smallest absolute Gasteiger partial charge is 0.303 e. The Morgan fingerprint density at radius 2 is 2.06 bits per heavy atom. The molecule has 3 rings (SSSR count). The second-order valence-electron chi connectivity index (χ2n) is 8.09. The van der Waals surface area contributed by atoms with Gasteiger partial charge in [0.15, 0.2) is 5.82 Å². The number of fused-ring (bicyclic) bond motifs is 3. The van der Waals surface area contributed by atoms with Crippen molar-refractivity contribution >= 4 is 33.7 Å². The van der Waals surface area contributed by atoms with E-state index in [1.165, 1.54) is 0 Å².